The number of nitrogens with two attached hydrogens (primary N) is 2. The second kappa shape index (κ2) is 10.5. The lowest BCUT2D eigenvalue weighted by Gasteiger charge is -2.13. The van der Waals surface area contributed by atoms with E-state index in [1.165, 1.54) is 0 Å². The maximum Gasteiger partial charge on any atom is 0.237 e. The van der Waals surface area contributed by atoms with Crippen LogP contribution in [-0.2, 0) is 17.9 Å². The summed E-state index contributed by atoms with van der Waals surface area (Å²) in [4.78, 5) is 12.0. The zero-order chi connectivity index (χ0) is 18.9. The standard InChI is InChI=1S/C19H23BrClN3O2/c20-17-10-15(21)7-6-14(17)12-26-16-4-1-3-13(9-16)11-24-19(25)18(23)5-2-8-22/h1,3-4,6-7,9-10,18H,2,5,8,11-12,22-23H2,(H,24,25)/t18-/m0/s1. The number of hydrogen-bond donors (Lipinski definition) is 3. The van der Waals surface area contributed by atoms with Crippen molar-refractivity contribution in [2.45, 2.75) is 32.0 Å². The Kier molecular flexibility index (Phi) is 8.38. The van der Waals surface area contributed by atoms with Crippen LogP contribution in [0.2, 0.25) is 5.02 Å². The van der Waals surface area contributed by atoms with Crippen molar-refractivity contribution in [3.8, 4) is 5.75 Å². The van der Waals surface area contributed by atoms with Crippen LogP contribution in [0.15, 0.2) is 46.9 Å². The van der Waals surface area contributed by atoms with Crippen molar-refractivity contribution < 1.29 is 9.53 Å². The lowest BCUT2D eigenvalue weighted by atomic mass is 10.1. The van der Waals surface area contributed by atoms with Crippen molar-refractivity contribution >= 4 is 33.4 Å². The third-order valence-electron chi connectivity index (χ3n) is 3.83. The molecule has 7 heteroatoms. The highest BCUT2D eigenvalue weighted by atomic mass is 79.9. The molecule has 0 aliphatic heterocycles. The Labute approximate surface area is 167 Å². The van der Waals surface area contributed by atoms with E-state index in [1.54, 1.807) is 0 Å². The number of rotatable bonds is 9. The SMILES string of the molecule is NCCC[C@H](N)C(=O)NCc1cccc(OCc2ccc(Cl)cc2Br)c1. The number of carbonyl (C=O) groups excluding carboxylic acids is 1. The fourth-order valence-electron chi connectivity index (χ4n) is 2.33. The Morgan fingerprint density at radius 1 is 1.27 bits per heavy atom. The molecule has 0 spiro atoms. The highest BCUT2D eigenvalue weighted by Gasteiger charge is 2.12. The van der Waals surface area contributed by atoms with E-state index in [1.807, 2.05) is 42.5 Å². The van der Waals surface area contributed by atoms with E-state index >= 15 is 0 Å². The Morgan fingerprint density at radius 3 is 2.81 bits per heavy atom. The predicted octanol–water partition coefficient (Wildman–Crippen LogP) is 3.36. The van der Waals surface area contributed by atoms with E-state index in [9.17, 15) is 4.79 Å². The van der Waals surface area contributed by atoms with Gasteiger partial charge >= 0.3 is 0 Å². The summed E-state index contributed by atoms with van der Waals surface area (Å²) in [5.74, 6) is 0.556. The van der Waals surface area contributed by atoms with Gasteiger partial charge in [-0.1, -0.05) is 45.7 Å². The van der Waals surface area contributed by atoms with E-state index in [-0.39, 0.29) is 5.91 Å². The molecule has 5 N–H and O–H groups in total. The second-order valence-corrected chi connectivity index (χ2v) is 7.22. The van der Waals surface area contributed by atoms with Crippen LogP contribution in [0.4, 0.5) is 0 Å². The molecule has 2 aromatic carbocycles. The van der Waals surface area contributed by atoms with E-state index in [4.69, 9.17) is 27.8 Å². The van der Waals surface area contributed by atoms with Crippen LogP contribution in [0.3, 0.4) is 0 Å². The van der Waals surface area contributed by atoms with Gasteiger partial charge in [0.25, 0.3) is 0 Å². The summed E-state index contributed by atoms with van der Waals surface area (Å²) in [6, 6.07) is 12.6. The Hall–Kier alpha value is -1.60. The van der Waals surface area contributed by atoms with E-state index in [2.05, 4.69) is 21.2 Å². The average molecular weight is 441 g/mol. The van der Waals surface area contributed by atoms with Gasteiger partial charge in [-0.05, 0) is 49.2 Å². The van der Waals surface area contributed by atoms with Gasteiger partial charge in [-0.2, -0.15) is 0 Å². The molecule has 0 bridgehead atoms. The molecule has 0 saturated carbocycles. The van der Waals surface area contributed by atoms with Gasteiger partial charge in [-0.3, -0.25) is 4.79 Å². The molecular formula is C19H23BrClN3O2. The third kappa shape index (κ3) is 6.61. The predicted molar refractivity (Wildman–Crippen MR) is 108 cm³/mol. The molecule has 26 heavy (non-hydrogen) atoms. The molecule has 0 fully saturated rings. The third-order valence-corrected chi connectivity index (χ3v) is 4.80. The fraction of sp³-hybridized carbons (Fsp3) is 0.316. The maximum atomic E-state index is 12.0. The number of hydrogen-bond acceptors (Lipinski definition) is 4. The Bertz CT molecular complexity index is 742. The van der Waals surface area contributed by atoms with Crippen molar-refractivity contribution in [3.63, 3.8) is 0 Å². The summed E-state index contributed by atoms with van der Waals surface area (Å²) in [6.45, 7) is 1.35. The summed E-state index contributed by atoms with van der Waals surface area (Å²) in [6.07, 6.45) is 1.32. The first kappa shape index (κ1) is 20.7. The van der Waals surface area contributed by atoms with Gasteiger partial charge in [0.2, 0.25) is 5.91 Å². The molecule has 0 radical (unpaired) electrons. The largest absolute Gasteiger partial charge is 0.489 e. The zero-order valence-corrected chi connectivity index (χ0v) is 16.7. The molecule has 0 aliphatic rings. The lowest BCUT2D eigenvalue weighted by Crippen LogP contribution is -2.40. The van der Waals surface area contributed by atoms with Gasteiger partial charge < -0.3 is 21.5 Å². The highest BCUT2D eigenvalue weighted by molar-refractivity contribution is 9.10. The number of ether oxygens (including phenoxy) is 1. The van der Waals surface area contributed by atoms with E-state index in [0.29, 0.717) is 31.1 Å². The topological polar surface area (TPSA) is 90.4 Å². The molecule has 0 aliphatic carbocycles. The zero-order valence-electron chi connectivity index (χ0n) is 14.4. The monoisotopic (exact) mass is 439 g/mol. The highest BCUT2D eigenvalue weighted by Crippen LogP contribution is 2.23. The number of nitrogens with one attached hydrogen (secondary N) is 1. The molecule has 140 valence electrons. The Balaban J connectivity index is 1.88. The number of carbonyl (C=O) groups is 1. The van der Waals surface area contributed by atoms with Crippen LogP contribution in [-0.4, -0.2) is 18.5 Å². The molecule has 0 unspecified atom stereocenters. The molecule has 1 atom stereocenters. The lowest BCUT2D eigenvalue weighted by molar-refractivity contribution is -0.122. The average Bonchev–Trinajstić information content (AvgIpc) is 2.63. The first-order valence-electron chi connectivity index (χ1n) is 8.38. The van der Waals surface area contributed by atoms with E-state index < -0.39 is 6.04 Å². The molecule has 5 nitrogen and oxygen atoms in total. The van der Waals surface area contributed by atoms with Crippen LogP contribution >= 0.6 is 27.5 Å². The van der Waals surface area contributed by atoms with Crippen molar-refractivity contribution in [2.24, 2.45) is 11.5 Å². The molecule has 0 aromatic heterocycles. The van der Waals surface area contributed by atoms with Gasteiger partial charge in [-0.25, -0.2) is 0 Å². The van der Waals surface area contributed by atoms with Gasteiger partial charge in [-0.15, -0.1) is 0 Å². The minimum atomic E-state index is -0.528. The molecule has 0 heterocycles. The smallest absolute Gasteiger partial charge is 0.237 e. The minimum absolute atomic E-state index is 0.171. The van der Waals surface area contributed by atoms with E-state index in [0.717, 1.165) is 27.8 Å². The summed E-state index contributed by atoms with van der Waals surface area (Å²) in [5.41, 5.74) is 13.2. The molecule has 2 rings (SSSR count). The van der Waals surface area contributed by atoms with Crippen LogP contribution < -0.4 is 21.5 Å². The second-order valence-electron chi connectivity index (χ2n) is 5.93. The van der Waals surface area contributed by atoms with Gasteiger partial charge in [0.15, 0.2) is 0 Å². The Morgan fingerprint density at radius 2 is 2.08 bits per heavy atom. The molecule has 0 saturated heterocycles. The van der Waals surface area contributed by atoms with Crippen molar-refractivity contribution in [3.05, 3.63) is 63.1 Å². The number of benzene rings is 2. The van der Waals surface area contributed by atoms with Gasteiger partial charge in [0.1, 0.15) is 12.4 Å². The van der Waals surface area contributed by atoms with Crippen molar-refractivity contribution in [1.82, 2.24) is 5.32 Å². The van der Waals surface area contributed by atoms with Crippen molar-refractivity contribution in [2.75, 3.05) is 6.54 Å². The fourth-order valence-corrected chi connectivity index (χ4v) is 3.13. The summed E-state index contributed by atoms with van der Waals surface area (Å²) < 4.78 is 6.74. The number of amides is 1. The summed E-state index contributed by atoms with van der Waals surface area (Å²) >= 11 is 9.42. The van der Waals surface area contributed by atoms with Crippen LogP contribution in [0.25, 0.3) is 0 Å². The first-order valence-corrected chi connectivity index (χ1v) is 9.55. The summed E-state index contributed by atoms with van der Waals surface area (Å²) in [7, 11) is 0. The first-order chi connectivity index (χ1) is 12.5. The van der Waals surface area contributed by atoms with Crippen LogP contribution in [0, 0.1) is 0 Å². The molecular weight excluding hydrogens is 418 g/mol. The van der Waals surface area contributed by atoms with Gasteiger partial charge in [0, 0.05) is 21.6 Å². The molecule has 1 amide bonds. The van der Waals surface area contributed by atoms with Crippen LogP contribution in [0.5, 0.6) is 5.75 Å². The van der Waals surface area contributed by atoms with Crippen LogP contribution in [0.1, 0.15) is 24.0 Å². The minimum Gasteiger partial charge on any atom is -0.489 e. The van der Waals surface area contributed by atoms with Crippen molar-refractivity contribution in [1.29, 1.82) is 0 Å². The van der Waals surface area contributed by atoms with Gasteiger partial charge in [0.05, 0.1) is 6.04 Å². The maximum absolute atomic E-state index is 12.0. The summed E-state index contributed by atoms with van der Waals surface area (Å²) in [5, 5.41) is 3.51. The number of halogens is 2. The molecule has 2 aromatic rings. The normalized spacial score (nSPS) is 11.8. The quantitative estimate of drug-likeness (QED) is 0.557.